The monoisotopic (exact) mass is 104 g/mol. The van der Waals surface area contributed by atoms with Crippen LogP contribution >= 0.6 is 0 Å². The number of hydrazine groups is 2. The lowest BCUT2D eigenvalue weighted by Crippen LogP contribution is -2.44. The van der Waals surface area contributed by atoms with Crippen LogP contribution in [0.1, 0.15) is 6.92 Å². The summed E-state index contributed by atoms with van der Waals surface area (Å²) in [6.07, 6.45) is 0. The van der Waals surface area contributed by atoms with Crippen LogP contribution in [0.2, 0.25) is 0 Å². The van der Waals surface area contributed by atoms with Gasteiger partial charge >= 0.3 is 0 Å². The molecule has 7 heavy (non-hydrogen) atoms. The molecule has 0 aromatic rings. The molecular weight excluding hydrogens is 92.1 g/mol. The zero-order chi connectivity index (χ0) is 5.86. The maximum absolute atomic E-state index is 5.29. The highest BCUT2D eigenvalue weighted by Crippen LogP contribution is 1.70. The average molecular weight is 104 g/mol. The second-order valence-corrected chi connectivity index (χ2v) is 1.67. The fourth-order valence-corrected chi connectivity index (χ4v) is 0.333. The number of rotatable bonds is 2. The van der Waals surface area contributed by atoms with Gasteiger partial charge in [0.1, 0.15) is 0 Å². The van der Waals surface area contributed by atoms with Crippen molar-refractivity contribution in [3.63, 3.8) is 0 Å². The van der Waals surface area contributed by atoms with Crippen LogP contribution in [0, 0.1) is 0 Å². The molecule has 1 atom stereocenters. The van der Waals surface area contributed by atoms with Crippen LogP contribution in [0.25, 0.3) is 0 Å². The molecule has 6 N–H and O–H groups in total. The van der Waals surface area contributed by atoms with E-state index in [1.165, 1.54) is 0 Å². The number of hydrogen-bond donors (Lipinski definition) is 3. The zero-order valence-corrected chi connectivity index (χ0v) is 4.46. The lowest BCUT2D eigenvalue weighted by atomic mass is 10.4. The van der Waals surface area contributed by atoms with Crippen LogP contribution in [0.3, 0.4) is 0 Å². The summed E-state index contributed by atoms with van der Waals surface area (Å²) in [5.74, 6) is 10.0. The van der Waals surface area contributed by atoms with E-state index >= 15 is 0 Å². The van der Waals surface area contributed by atoms with Crippen molar-refractivity contribution < 1.29 is 0 Å². The molecule has 0 saturated carbocycles. The van der Waals surface area contributed by atoms with Gasteiger partial charge in [0.05, 0.1) is 0 Å². The molecule has 44 valence electrons. The van der Waals surface area contributed by atoms with Gasteiger partial charge in [-0.05, 0) is 6.92 Å². The first kappa shape index (κ1) is 6.84. The van der Waals surface area contributed by atoms with Gasteiger partial charge in [0.15, 0.2) is 0 Å². The maximum atomic E-state index is 5.29. The summed E-state index contributed by atoms with van der Waals surface area (Å²) in [7, 11) is 0. The topological polar surface area (TPSA) is 81.3 Å². The minimum absolute atomic E-state index is 0.0509. The Kier molecular flexibility index (Phi) is 2.86. The van der Waals surface area contributed by atoms with Crippen LogP contribution in [0.15, 0.2) is 0 Å². The van der Waals surface area contributed by atoms with Crippen LogP contribution in [-0.4, -0.2) is 17.7 Å². The van der Waals surface area contributed by atoms with Crippen LogP contribution in [0.4, 0.5) is 0 Å². The quantitative estimate of drug-likeness (QED) is 0.290. The Morgan fingerprint density at radius 3 is 2.00 bits per heavy atom. The van der Waals surface area contributed by atoms with Crippen LogP contribution in [-0.2, 0) is 0 Å². The van der Waals surface area contributed by atoms with Crippen molar-refractivity contribution in [1.29, 1.82) is 0 Å². The van der Waals surface area contributed by atoms with E-state index in [0.29, 0.717) is 6.54 Å². The van der Waals surface area contributed by atoms with Gasteiger partial charge in [0.25, 0.3) is 0 Å². The normalized spacial score (nSPS) is 15.0. The predicted molar refractivity (Wildman–Crippen MR) is 28.7 cm³/mol. The molecular formula is C3H12N4. The smallest absolute Gasteiger partial charge is 0.0432 e. The molecule has 0 aromatic heterocycles. The summed E-state index contributed by atoms with van der Waals surface area (Å²) in [4.78, 5) is 0. The van der Waals surface area contributed by atoms with Crippen molar-refractivity contribution in [2.45, 2.75) is 13.0 Å². The molecule has 0 bridgehead atoms. The van der Waals surface area contributed by atoms with E-state index in [0.717, 1.165) is 5.12 Å². The molecule has 0 aliphatic carbocycles. The summed E-state index contributed by atoms with van der Waals surface area (Å²) >= 11 is 0. The van der Waals surface area contributed by atoms with E-state index in [4.69, 9.17) is 17.4 Å². The Labute approximate surface area is 43.2 Å². The van der Waals surface area contributed by atoms with E-state index in [9.17, 15) is 0 Å². The molecule has 0 aliphatic rings. The molecule has 0 heterocycles. The highest BCUT2D eigenvalue weighted by molar-refractivity contribution is 4.51. The average Bonchev–Trinajstić information content (AvgIpc) is 1.27. The molecule has 0 fully saturated rings. The lowest BCUT2D eigenvalue weighted by molar-refractivity contribution is 0.279. The number of hydrogen-bond acceptors (Lipinski definition) is 4. The Bertz CT molecular complexity index is 36.2. The second kappa shape index (κ2) is 2.92. The minimum atomic E-state index is 0.0509. The van der Waals surface area contributed by atoms with Crippen molar-refractivity contribution in [2.24, 2.45) is 17.4 Å². The molecule has 0 aliphatic heterocycles. The molecule has 4 nitrogen and oxygen atoms in total. The van der Waals surface area contributed by atoms with Crippen LogP contribution in [0.5, 0.6) is 0 Å². The van der Waals surface area contributed by atoms with Gasteiger partial charge in [-0.2, -0.15) is 5.12 Å². The lowest BCUT2D eigenvalue weighted by Gasteiger charge is -2.10. The largest absolute Gasteiger partial charge is 0.327 e. The van der Waals surface area contributed by atoms with Gasteiger partial charge in [-0.1, -0.05) is 0 Å². The van der Waals surface area contributed by atoms with Gasteiger partial charge in [-0.15, -0.1) is 0 Å². The third kappa shape index (κ3) is 5.84. The van der Waals surface area contributed by atoms with E-state index < -0.39 is 0 Å². The predicted octanol–water partition coefficient (Wildman–Crippen LogP) is -1.62. The number of nitrogens with zero attached hydrogens (tertiary/aromatic N) is 1. The molecule has 1 unspecified atom stereocenters. The van der Waals surface area contributed by atoms with Gasteiger partial charge in [0.2, 0.25) is 0 Å². The maximum Gasteiger partial charge on any atom is 0.0432 e. The number of nitrogens with two attached hydrogens (primary N) is 3. The third-order valence-corrected chi connectivity index (χ3v) is 0.499. The Hall–Kier alpha value is -0.160. The molecule has 0 radical (unpaired) electrons. The fourth-order valence-electron chi connectivity index (χ4n) is 0.333. The molecule has 0 saturated heterocycles. The van der Waals surface area contributed by atoms with Crippen molar-refractivity contribution >= 4 is 0 Å². The zero-order valence-electron chi connectivity index (χ0n) is 4.46. The first-order valence-electron chi connectivity index (χ1n) is 2.15. The van der Waals surface area contributed by atoms with Crippen molar-refractivity contribution in [2.75, 3.05) is 6.54 Å². The first-order valence-corrected chi connectivity index (χ1v) is 2.15. The molecule has 0 amide bonds. The van der Waals surface area contributed by atoms with Crippen molar-refractivity contribution in [1.82, 2.24) is 5.12 Å². The summed E-state index contributed by atoms with van der Waals surface area (Å²) in [5, 5.41) is 1.07. The van der Waals surface area contributed by atoms with Crippen LogP contribution < -0.4 is 17.4 Å². The van der Waals surface area contributed by atoms with Crippen molar-refractivity contribution in [3.8, 4) is 0 Å². The fraction of sp³-hybridized carbons (Fsp3) is 1.00. The van der Waals surface area contributed by atoms with Gasteiger partial charge in [0, 0.05) is 12.6 Å². The second-order valence-electron chi connectivity index (χ2n) is 1.67. The van der Waals surface area contributed by atoms with E-state index in [1.807, 2.05) is 6.92 Å². The van der Waals surface area contributed by atoms with Gasteiger partial charge in [-0.25, -0.2) is 0 Å². The summed E-state index contributed by atoms with van der Waals surface area (Å²) in [6.45, 7) is 2.37. The first-order chi connectivity index (χ1) is 3.13. The summed E-state index contributed by atoms with van der Waals surface area (Å²) in [6, 6.07) is 0.0509. The Morgan fingerprint density at radius 1 is 1.57 bits per heavy atom. The van der Waals surface area contributed by atoms with Gasteiger partial charge < -0.3 is 5.73 Å². The van der Waals surface area contributed by atoms with Crippen molar-refractivity contribution in [3.05, 3.63) is 0 Å². The minimum Gasteiger partial charge on any atom is -0.327 e. The highest BCUT2D eigenvalue weighted by Gasteiger charge is 1.93. The summed E-state index contributed by atoms with van der Waals surface area (Å²) in [5.41, 5.74) is 5.29. The standard InChI is InChI=1S/C3H12N4/c1-3(4)2-7(5)6/h3H,2,4-6H2,1H3. The molecule has 0 aromatic carbocycles. The molecule has 0 spiro atoms. The van der Waals surface area contributed by atoms with E-state index in [2.05, 4.69) is 0 Å². The molecule has 0 rings (SSSR count). The van der Waals surface area contributed by atoms with E-state index in [-0.39, 0.29) is 6.04 Å². The Morgan fingerprint density at radius 2 is 2.00 bits per heavy atom. The van der Waals surface area contributed by atoms with E-state index in [1.54, 1.807) is 0 Å². The Balaban J connectivity index is 2.95. The highest BCUT2D eigenvalue weighted by atomic mass is 15.6. The van der Waals surface area contributed by atoms with Gasteiger partial charge in [-0.3, -0.25) is 11.7 Å². The summed E-state index contributed by atoms with van der Waals surface area (Å²) < 4.78 is 0. The molecule has 4 heteroatoms. The third-order valence-electron chi connectivity index (χ3n) is 0.499. The SMILES string of the molecule is CC(N)CN(N)N.